The maximum atomic E-state index is 13.0. The Morgan fingerprint density at radius 3 is 2.48 bits per heavy atom. The first-order valence-electron chi connectivity index (χ1n) is 6.49. The van der Waals surface area contributed by atoms with Gasteiger partial charge in [0.2, 0.25) is 0 Å². The molecule has 0 atom stereocenters. The third-order valence-corrected chi connectivity index (χ3v) is 4.12. The van der Waals surface area contributed by atoms with Gasteiger partial charge in [0.25, 0.3) is 10.0 Å². The van der Waals surface area contributed by atoms with Gasteiger partial charge in [0.05, 0.1) is 25.3 Å². The van der Waals surface area contributed by atoms with E-state index in [4.69, 9.17) is 9.47 Å². The number of nitrogens with zero attached hydrogens (tertiary/aromatic N) is 1. The van der Waals surface area contributed by atoms with Crippen LogP contribution >= 0.6 is 0 Å². The van der Waals surface area contributed by atoms with Gasteiger partial charge in [-0.15, -0.1) is 0 Å². The van der Waals surface area contributed by atoms with Crippen molar-refractivity contribution in [1.29, 1.82) is 0 Å². The summed E-state index contributed by atoms with van der Waals surface area (Å²) in [6, 6.07) is 9.76. The van der Waals surface area contributed by atoms with Crippen LogP contribution in [0.3, 0.4) is 0 Å². The lowest BCUT2D eigenvalue weighted by Crippen LogP contribution is -2.18. The highest BCUT2D eigenvalue weighted by atomic mass is 32.2. The Morgan fingerprint density at radius 2 is 1.83 bits per heavy atom. The Balaban J connectivity index is 2.19. The van der Waals surface area contributed by atoms with E-state index in [1.54, 1.807) is 6.07 Å². The molecule has 0 aliphatic rings. The number of sulfonamides is 1. The summed E-state index contributed by atoms with van der Waals surface area (Å²) in [6.07, 6.45) is 1.21. The molecular weight excluding hydrogens is 323 g/mol. The summed E-state index contributed by atoms with van der Waals surface area (Å²) >= 11 is 0. The van der Waals surface area contributed by atoms with Gasteiger partial charge in [0.15, 0.2) is 11.5 Å². The van der Waals surface area contributed by atoms with Gasteiger partial charge in [0.1, 0.15) is 5.82 Å². The van der Waals surface area contributed by atoms with Crippen LogP contribution in [0.4, 0.5) is 4.39 Å². The number of methoxy groups -OCH3 is 2. The highest BCUT2D eigenvalue weighted by Gasteiger charge is 2.16. The zero-order valence-corrected chi connectivity index (χ0v) is 13.3. The molecule has 2 aromatic carbocycles. The summed E-state index contributed by atoms with van der Waals surface area (Å²) in [6.45, 7) is 0. The van der Waals surface area contributed by atoms with Gasteiger partial charge in [-0.1, -0.05) is 12.1 Å². The lowest BCUT2D eigenvalue weighted by Gasteiger charge is -2.09. The molecule has 23 heavy (non-hydrogen) atoms. The van der Waals surface area contributed by atoms with Crippen LogP contribution in [0.1, 0.15) is 5.56 Å². The second-order valence-corrected chi connectivity index (χ2v) is 6.09. The molecule has 0 radical (unpaired) electrons. The first-order valence-corrected chi connectivity index (χ1v) is 7.97. The van der Waals surface area contributed by atoms with Crippen LogP contribution in [0.15, 0.2) is 52.5 Å². The molecule has 0 fully saturated rings. The molecule has 2 aromatic rings. The second kappa shape index (κ2) is 7.10. The Kier molecular flexibility index (Phi) is 5.17. The van der Waals surface area contributed by atoms with Crippen LogP contribution < -0.4 is 14.3 Å². The van der Waals surface area contributed by atoms with Crippen molar-refractivity contribution in [2.45, 2.75) is 4.90 Å². The predicted molar refractivity (Wildman–Crippen MR) is 83.9 cm³/mol. The molecule has 2 rings (SSSR count). The van der Waals surface area contributed by atoms with E-state index in [9.17, 15) is 12.8 Å². The van der Waals surface area contributed by atoms with Crippen molar-refractivity contribution in [3.8, 4) is 11.5 Å². The molecule has 0 aliphatic heterocycles. The molecule has 0 unspecified atom stereocenters. The van der Waals surface area contributed by atoms with E-state index >= 15 is 0 Å². The lowest BCUT2D eigenvalue weighted by atomic mass is 10.2. The van der Waals surface area contributed by atoms with Crippen molar-refractivity contribution >= 4 is 16.2 Å². The summed E-state index contributed by atoms with van der Waals surface area (Å²) in [5.41, 5.74) is 0.431. The molecule has 0 bridgehead atoms. The van der Waals surface area contributed by atoms with Crippen molar-refractivity contribution < 1.29 is 22.3 Å². The molecule has 0 saturated heterocycles. The average Bonchev–Trinajstić information content (AvgIpc) is 2.54. The SMILES string of the molecule is COc1ccc(S(=O)(=O)N/N=C/c2cccc(F)c2)cc1OC. The van der Waals surface area contributed by atoms with Gasteiger partial charge < -0.3 is 9.47 Å². The fraction of sp³-hybridized carbons (Fsp3) is 0.133. The van der Waals surface area contributed by atoms with Crippen molar-refractivity contribution in [1.82, 2.24) is 4.83 Å². The van der Waals surface area contributed by atoms with Crippen LogP contribution in [0, 0.1) is 5.82 Å². The van der Waals surface area contributed by atoms with Crippen molar-refractivity contribution in [2.24, 2.45) is 5.10 Å². The zero-order valence-electron chi connectivity index (χ0n) is 12.5. The Labute approximate surface area is 133 Å². The van der Waals surface area contributed by atoms with Gasteiger partial charge in [-0.2, -0.15) is 13.5 Å². The van der Waals surface area contributed by atoms with Gasteiger partial charge in [-0.05, 0) is 29.8 Å². The van der Waals surface area contributed by atoms with Gasteiger partial charge in [-0.3, -0.25) is 0 Å². The first-order chi connectivity index (χ1) is 11.0. The summed E-state index contributed by atoms with van der Waals surface area (Å²) < 4.78 is 47.5. The minimum atomic E-state index is -3.88. The highest BCUT2D eigenvalue weighted by Crippen LogP contribution is 2.29. The van der Waals surface area contributed by atoms with E-state index < -0.39 is 15.8 Å². The predicted octanol–water partition coefficient (Wildman–Crippen LogP) is 2.16. The van der Waals surface area contributed by atoms with E-state index in [0.717, 1.165) is 0 Å². The number of benzene rings is 2. The number of rotatable bonds is 6. The smallest absolute Gasteiger partial charge is 0.276 e. The molecule has 0 heterocycles. The normalized spacial score (nSPS) is 11.4. The van der Waals surface area contributed by atoms with Crippen LogP contribution in [0.2, 0.25) is 0 Å². The van der Waals surface area contributed by atoms with Gasteiger partial charge in [0, 0.05) is 6.07 Å². The molecule has 0 spiro atoms. The number of ether oxygens (including phenoxy) is 2. The summed E-state index contributed by atoms with van der Waals surface area (Å²) in [4.78, 5) is 2.02. The topological polar surface area (TPSA) is 77.0 Å². The van der Waals surface area contributed by atoms with E-state index in [1.165, 1.54) is 56.8 Å². The van der Waals surface area contributed by atoms with Gasteiger partial charge >= 0.3 is 0 Å². The second-order valence-electron chi connectivity index (χ2n) is 4.42. The lowest BCUT2D eigenvalue weighted by molar-refractivity contribution is 0.354. The third kappa shape index (κ3) is 4.19. The van der Waals surface area contributed by atoms with E-state index in [2.05, 4.69) is 9.93 Å². The fourth-order valence-corrected chi connectivity index (χ4v) is 2.60. The molecule has 0 aromatic heterocycles. The molecule has 122 valence electrons. The number of hydrogen-bond acceptors (Lipinski definition) is 5. The molecule has 1 N–H and O–H groups in total. The molecule has 0 aliphatic carbocycles. The number of halogens is 1. The van der Waals surface area contributed by atoms with Crippen molar-refractivity contribution in [3.63, 3.8) is 0 Å². The van der Waals surface area contributed by atoms with Crippen molar-refractivity contribution in [3.05, 3.63) is 53.8 Å². The van der Waals surface area contributed by atoms with Crippen LogP contribution in [-0.2, 0) is 10.0 Å². The Hall–Kier alpha value is -2.61. The van der Waals surface area contributed by atoms with Crippen LogP contribution in [0.25, 0.3) is 0 Å². The summed E-state index contributed by atoms with van der Waals surface area (Å²) in [5, 5.41) is 3.63. The first kappa shape index (κ1) is 16.8. The maximum absolute atomic E-state index is 13.0. The van der Waals surface area contributed by atoms with Crippen LogP contribution in [-0.4, -0.2) is 28.9 Å². The number of nitrogens with one attached hydrogen (secondary N) is 1. The Morgan fingerprint density at radius 1 is 1.09 bits per heavy atom. The molecule has 0 amide bonds. The quantitative estimate of drug-likeness (QED) is 0.647. The standard InChI is InChI=1S/C15H15FN2O4S/c1-21-14-7-6-13(9-15(14)22-2)23(19,20)18-17-10-11-4-3-5-12(16)8-11/h3-10,18H,1-2H3/b17-10+. The molecule has 6 nitrogen and oxygen atoms in total. The van der Waals surface area contributed by atoms with Crippen LogP contribution in [0.5, 0.6) is 11.5 Å². The van der Waals surface area contributed by atoms with Gasteiger partial charge in [-0.25, -0.2) is 9.22 Å². The minimum Gasteiger partial charge on any atom is -0.493 e. The highest BCUT2D eigenvalue weighted by molar-refractivity contribution is 7.89. The average molecular weight is 338 g/mol. The number of hydrogen-bond donors (Lipinski definition) is 1. The van der Waals surface area contributed by atoms with Crippen molar-refractivity contribution in [2.75, 3.05) is 14.2 Å². The van der Waals surface area contributed by atoms with E-state index in [0.29, 0.717) is 11.3 Å². The minimum absolute atomic E-state index is 0.0356. The molecule has 8 heteroatoms. The zero-order chi connectivity index (χ0) is 16.9. The fourth-order valence-electron chi connectivity index (χ4n) is 1.79. The van der Waals surface area contributed by atoms with E-state index in [-0.39, 0.29) is 10.6 Å². The summed E-state index contributed by atoms with van der Waals surface area (Å²) in [5.74, 6) is 0.260. The Bertz CT molecular complexity index is 822. The monoisotopic (exact) mass is 338 g/mol. The third-order valence-electron chi connectivity index (χ3n) is 2.90. The maximum Gasteiger partial charge on any atom is 0.276 e. The summed E-state index contributed by atoms with van der Waals surface area (Å²) in [7, 11) is -1.02. The van der Waals surface area contributed by atoms with E-state index in [1.807, 2.05) is 0 Å². The molecule has 0 saturated carbocycles. The largest absolute Gasteiger partial charge is 0.493 e. The number of hydrazone groups is 1. The molecular formula is C15H15FN2O4S.